The Morgan fingerprint density at radius 2 is 1.02 bits per heavy atom. The molecule has 9 heteroatoms. The third-order valence-electron chi connectivity index (χ3n) is 8.35. The monoisotopic (exact) mass is 622 g/mol. The third-order valence-corrected chi connectivity index (χ3v) is 9.38. The molecule has 2 saturated heterocycles. The van der Waals surface area contributed by atoms with Crippen molar-refractivity contribution in [1.29, 1.82) is 0 Å². The van der Waals surface area contributed by atoms with E-state index in [2.05, 4.69) is 91.3 Å². The van der Waals surface area contributed by atoms with Gasteiger partial charge in [-0.1, -0.05) is 47.5 Å². The second-order valence-corrected chi connectivity index (χ2v) is 14.2. The van der Waals surface area contributed by atoms with Crippen LogP contribution in [0, 0.1) is 12.3 Å². The van der Waals surface area contributed by atoms with E-state index in [0.717, 1.165) is 71.5 Å². The number of aliphatic hydroxyl groups excluding tert-OH is 1. The average Bonchev–Trinajstić information content (AvgIpc) is 3.46. The highest BCUT2D eigenvalue weighted by Gasteiger charge is 2.32. The van der Waals surface area contributed by atoms with Crippen LogP contribution in [0.5, 0.6) is 11.5 Å². The smallest absolute Gasteiger partial charge is 0.172 e. The molecule has 2 aromatic carbocycles. The largest absolute Gasteiger partial charge is 0.507 e. The van der Waals surface area contributed by atoms with Gasteiger partial charge in [0.15, 0.2) is 10.2 Å². The Morgan fingerprint density at radius 1 is 0.698 bits per heavy atom. The fourth-order valence-corrected chi connectivity index (χ4v) is 6.45. The molecule has 0 amide bonds. The second kappa shape index (κ2) is 12.9. The zero-order chi connectivity index (χ0) is 31.7. The number of hydrogen-bond donors (Lipinski definition) is 2. The van der Waals surface area contributed by atoms with Gasteiger partial charge in [-0.25, -0.2) is 0 Å². The lowest BCUT2D eigenvalue weighted by Gasteiger charge is -2.30. The van der Waals surface area contributed by atoms with Gasteiger partial charge in [-0.15, -0.1) is 6.42 Å². The summed E-state index contributed by atoms with van der Waals surface area (Å²) >= 11 is 12.1. The highest BCUT2D eigenvalue weighted by Crippen LogP contribution is 2.37. The number of aromatic hydroxyl groups is 1. The molecule has 232 valence electrons. The van der Waals surface area contributed by atoms with Gasteiger partial charge in [0.1, 0.15) is 18.1 Å². The number of rotatable bonds is 2. The maximum absolute atomic E-state index is 11.5. The maximum Gasteiger partial charge on any atom is 0.172 e. The molecule has 43 heavy (non-hydrogen) atoms. The predicted molar refractivity (Wildman–Crippen MR) is 181 cm³/mol. The first-order chi connectivity index (χ1) is 20.3. The molecule has 8 bridgehead atoms. The van der Waals surface area contributed by atoms with E-state index in [1.165, 1.54) is 11.1 Å². The highest BCUT2D eigenvalue weighted by molar-refractivity contribution is 7.80. The highest BCUT2D eigenvalue weighted by atomic mass is 32.1. The molecule has 0 saturated carbocycles. The Hall–Kier alpha value is -3.06. The minimum Gasteiger partial charge on any atom is -0.507 e. The van der Waals surface area contributed by atoms with Gasteiger partial charge in [-0.3, -0.25) is 0 Å². The molecule has 5 rings (SSSR count). The third kappa shape index (κ3) is 7.03. The summed E-state index contributed by atoms with van der Waals surface area (Å²) < 4.78 is 6.27. The molecule has 0 atom stereocenters. The van der Waals surface area contributed by atoms with Crippen molar-refractivity contribution in [1.82, 2.24) is 19.6 Å². The van der Waals surface area contributed by atoms with Crippen molar-refractivity contribution in [3.05, 3.63) is 57.6 Å². The maximum atomic E-state index is 11.5. The fourth-order valence-electron chi connectivity index (χ4n) is 5.83. The molecule has 0 unspecified atom stereocenters. The Balaban J connectivity index is 0.00000207. The summed E-state index contributed by atoms with van der Waals surface area (Å²) in [5, 5.41) is 20.1. The molecule has 2 aromatic rings. The number of phenols is 1. The lowest BCUT2D eigenvalue weighted by atomic mass is 9.84. The van der Waals surface area contributed by atoms with Gasteiger partial charge < -0.3 is 34.5 Å². The van der Waals surface area contributed by atoms with E-state index in [9.17, 15) is 5.11 Å². The van der Waals surface area contributed by atoms with Crippen molar-refractivity contribution in [2.45, 2.75) is 78.6 Å². The molecule has 0 radical (unpaired) electrons. The molecule has 0 aliphatic carbocycles. The fraction of sp³-hybridized carbons (Fsp3) is 0.529. The molecular weight excluding hydrogens is 577 g/mol. The van der Waals surface area contributed by atoms with Crippen LogP contribution in [0.1, 0.15) is 74.9 Å². The van der Waals surface area contributed by atoms with Crippen molar-refractivity contribution in [3.8, 4) is 23.8 Å². The topological polar surface area (TPSA) is 62.7 Å². The van der Waals surface area contributed by atoms with Crippen molar-refractivity contribution in [2.75, 3.05) is 39.9 Å². The van der Waals surface area contributed by atoms with Crippen LogP contribution in [-0.4, -0.2) is 79.9 Å². The number of ether oxygens (including phenoxy) is 1. The first kappa shape index (κ1) is 32.8. The zero-order valence-electron chi connectivity index (χ0n) is 26.7. The van der Waals surface area contributed by atoms with Gasteiger partial charge in [0, 0.05) is 81.7 Å². The van der Waals surface area contributed by atoms with Crippen molar-refractivity contribution < 1.29 is 14.9 Å². The Bertz CT molecular complexity index is 1340. The van der Waals surface area contributed by atoms with Crippen molar-refractivity contribution >= 4 is 34.7 Å². The number of phenolic OH excluding ortho intramolecular Hbond substituents is 1. The lowest BCUT2D eigenvalue weighted by Crippen LogP contribution is -2.33. The van der Waals surface area contributed by atoms with E-state index in [0.29, 0.717) is 31.9 Å². The molecule has 0 aromatic heterocycles. The molecule has 3 heterocycles. The molecule has 2 fully saturated rings. The Kier molecular flexibility index (Phi) is 9.85. The van der Waals surface area contributed by atoms with Crippen LogP contribution in [0.3, 0.4) is 0 Å². The van der Waals surface area contributed by atoms with E-state index in [1.807, 2.05) is 0 Å². The molecule has 0 spiro atoms. The second-order valence-electron chi connectivity index (χ2n) is 13.5. The predicted octanol–water partition coefficient (Wildman–Crippen LogP) is 5.13. The SMILES string of the molecule is C#CCOc1c2cc(C(C)(C)C)cc1CN1CCN(Cc3cc(C(C)(C)C)cc(c3O)CN3CCN(C2)C3=S)C1=S.CO. The van der Waals surface area contributed by atoms with Gasteiger partial charge in [0.25, 0.3) is 0 Å². The number of benzene rings is 2. The number of aliphatic hydroxyl groups is 1. The van der Waals surface area contributed by atoms with Gasteiger partial charge in [-0.05, 0) is 70.7 Å². The molecule has 3 aliphatic heterocycles. The minimum atomic E-state index is -0.0601. The first-order valence-electron chi connectivity index (χ1n) is 14.9. The van der Waals surface area contributed by atoms with Crippen LogP contribution in [-0.2, 0) is 37.0 Å². The van der Waals surface area contributed by atoms with Crippen LogP contribution in [0.25, 0.3) is 0 Å². The molecule has 2 N–H and O–H groups in total. The summed E-state index contributed by atoms with van der Waals surface area (Å²) in [6, 6.07) is 8.80. The van der Waals surface area contributed by atoms with Gasteiger partial charge in [0.2, 0.25) is 0 Å². The first-order valence-corrected chi connectivity index (χ1v) is 15.7. The summed E-state index contributed by atoms with van der Waals surface area (Å²) in [7, 11) is 1.00. The van der Waals surface area contributed by atoms with Crippen LogP contribution >= 0.6 is 24.4 Å². The van der Waals surface area contributed by atoms with Crippen molar-refractivity contribution in [2.24, 2.45) is 0 Å². The normalized spacial score (nSPS) is 17.1. The summed E-state index contributed by atoms with van der Waals surface area (Å²) in [5.41, 5.74) is 6.31. The summed E-state index contributed by atoms with van der Waals surface area (Å²) in [5.74, 6) is 3.83. The Labute approximate surface area is 268 Å². The minimum absolute atomic E-state index is 0.0465. The van der Waals surface area contributed by atoms with Crippen LogP contribution < -0.4 is 4.74 Å². The van der Waals surface area contributed by atoms with Crippen molar-refractivity contribution in [3.63, 3.8) is 0 Å². The number of hydrogen-bond acceptors (Lipinski definition) is 5. The van der Waals surface area contributed by atoms with E-state index >= 15 is 0 Å². The summed E-state index contributed by atoms with van der Waals surface area (Å²) in [6.07, 6.45) is 5.65. The molecule has 7 nitrogen and oxygen atoms in total. The Morgan fingerprint density at radius 3 is 1.35 bits per heavy atom. The van der Waals surface area contributed by atoms with Gasteiger partial charge in [0.05, 0.1) is 0 Å². The summed E-state index contributed by atoms with van der Waals surface area (Å²) in [4.78, 5) is 8.88. The number of nitrogens with zero attached hydrogens (tertiary/aromatic N) is 4. The van der Waals surface area contributed by atoms with Crippen LogP contribution in [0.15, 0.2) is 24.3 Å². The quantitative estimate of drug-likeness (QED) is 0.351. The van der Waals surface area contributed by atoms with E-state index in [1.54, 1.807) is 0 Å². The molecular formula is C34H46N4O3S2. The standard InChI is InChI=1S/C33H42N4O2S2.CH4O/c1-8-13-39-29-24-16-27(33(5,6)7)17-25(29)21-37-12-10-35(31(37)41)19-23-15-26(32(2,3)4)14-22(28(23)38)18-34-9-11-36(20-24)30(34)40;1-2/h1,14-17,38H,9-13,18-21H2,2-7H3;2H,1H3. The van der Waals surface area contributed by atoms with Crippen LogP contribution in [0.4, 0.5) is 0 Å². The van der Waals surface area contributed by atoms with Crippen LogP contribution in [0.2, 0.25) is 0 Å². The average molecular weight is 623 g/mol. The number of fused-ring (bicyclic) bond motifs is 8. The van der Waals surface area contributed by atoms with E-state index in [-0.39, 0.29) is 17.4 Å². The molecule has 3 aliphatic rings. The van der Waals surface area contributed by atoms with Gasteiger partial charge in [-0.2, -0.15) is 0 Å². The zero-order valence-corrected chi connectivity index (χ0v) is 28.3. The van der Waals surface area contributed by atoms with E-state index in [4.69, 9.17) is 40.7 Å². The summed E-state index contributed by atoms with van der Waals surface area (Å²) in [6.45, 7) is 19.1. The van der Waals surface area contributed by atoms with Gasteiger partial charge >= 0.3 is 0 Å². The number of terminal acetylenes is 1. The van der Waals surface area contributed by atoms with E-state index < -0.39 is 0 Å². The lowest BCUT2D eigenvalue weighted by molar-refractivity contribution is 0.344. The number of thiocarbonyl (C=S) groups is 2.